The molecule has 0 N–H and O–H groups in total. The first-order valence-electron chi connectivity index (χ1n) is 3.32. The van der Waals surface area contributed by atoms with Gasteiger partial charge >= 0.3 is 0 Å². The van der Waals surface area contributed by atoms with Crippen molar-refractivity contribution in [3.8, 4) is 0 Å². The van der Waals surface area contributed by atoms with E-state index < -0.39 is 0 Å². The van der Waals surface area contributed by atoms with Gasteiger partial charge in [0.1, 0.15) is 0 Å². The van der Waals surface area contributed by atoms with Crippen molar-refractivity contribution in [2.24, 2.45) is 0 Å². The van der Waals surface area contributed by atoms with E-state index in [0.717, 1.165) is 0 Å². The Bertz CT molecular complexity index is 72.5. The molecule has 0 radical (unpaired) electrons. The molecule has 8 heavy (non-hydrogen) atoms. The molecule has 0 aromatic carbocycles. The van der Waals surface area contributed by atoms with Gasteiger partial charge in [0.15, 0.2) is 0 Å². The normalized spacial score (nSPS) is 11.8. The maximum absolute atomic E-state index is 3.81. The first-order chi connectivity index (χ1) is 3.68. The third-order valence-electron chi connectivity index (χ3n) is 2.11. The van der Waals surface area contributed by atoms with Crippen molar-refractivity contribution in [3.63, 3.8) is 0 Å². The van der Waals surface area contributed by atoms with Crippen LogP contribution in [0.2, 0.25) is 5.04 Å². The summed E-state index contributed by atoms with van der Waals surface area (Å²) in [5.74, 6) is 0. The molecule has 0 fully saturated rings. The van der Waals surface area contributed by atoms with Gasteiger partial charge in [-0.3, -0.25) is 0 Å². The lowest BCUT2D eigenvalue weighted by molar-refractivity contribution is 0.633. The monoisotopic (exact) mass is 128 g/mol. The standard InChI is InChI=1S/C7H16Si/c1-4-7(8,5-2)6-3/h4H,1,5-6H2,2-3,8H3. The predicted octanol–water partition coefficient (Wildman–Crippen LogP) is 1.52. The Kier molecular flexibility index (Phi) is 3.06. The molecule has 0 aromatic heterocycles. The Morgan fingerprint density at radius 3 is 1.88 bits per heavy atom. The first kappa shape index (κ1) is 7.96. The minimum Gasteiger partial charge on any atom is -0.103 e. The number of rotatable bonds is 3. The Labute approximate surface area is 55.4 Å². The highest BCUT2D eigenvalue weighted by atomic mass is 28.1. The fourth-order valence-corrected chi connectivity index (χ4v) is 0.539. The van der Waals surface area contributed by atoms with Crippen LogP contribution >= 0.6 is 0 Å². The maximum Gasteiger partial charge on any atom is 0.0154 e. The fraction of sp³-hybridized carbons (Fsp3) is 0.714. The quantitative estimate of drug-likeness (QED) is 0.399. The maximum atomic E-state index is 3.81. The molecule has 0 spiro atoms. The molecule has 0 aliphatic rings. The van der Waals surface area contributed by atoms with Crippen LogP contribution < -0.4 is 0 Å². The third kappa shape index (κ3) is 1.82. The molecule has 0 aromatic rings. The second-order valence-electron chi connectivity index (χ2n) is 2.57. The fourth-order valence-electron chi connectivity index (χ4n) is 0.539. The van der Waals surface area contributed by atoms with Crippen LogP contribution in [0.1, 0.15) is 26.7 Å². The summed E-state index contributed by atoms with van der Waals surface area (Å²) in [5.41, 5.74) is 0. The van der Waals surface area contributed by atoms with Gasteiger partial charge in [-0.15, -0.1) is 6.58 Å². The Morgan fingerprint density at radius 1 is 1.50 bits per heavy atom. The van der Waals surface area contributed by atoms with E-state index >= 15 is 0 Å². The molecule has 0 saturated heterocycles. The lowest BCUT2D eigenvalue weighted by atomic mass is 10.0. The van der Waals surface area contributed by atoms with Crippen LogP contribution in [-0.2, 0) is 0 Å². The second-order valence-corrected chi connectivity index (χ2v) is 4.56. The molecule has 0 saturated carbocycles. The molecular weight excluding hydrogens is 112 g/mol. The molecule has 0 heterocycles. The van der Waals surface area contributed by atoms with Gasteiger partial charge in [-0.2, -0.15) is 0 Å². The number of allylic oxidation sites excluding steroid dienone is 1. The molecule has 0 aliphatic heterocycles. The van der Waals surface area contributed by atoms with Crippen molar-refractivity contribution in [3.05, 3.63) is 12.7 Å². The summed E-state index contributed by atoms with van der Waals surface area (Å²) >= 11 is 0. The summed E-state index contributed by atoms with van der Waals surface area (Å²) in [5, 5.41) is 0.528. The predicted molar refractivity (Wildman–Crippen MR) is 43.4 cm³/mol. The van der Waals surface area contributed by atoms with Crippen molar-refractivity contribution >= 4 is 10.2 Å². The van der Waals surface area contributed by atoms with Gasteiger partial charge in [-0.25, -0.2) is 0 Å². The first-order valence-corrected chi connectivity index (χ1v) is 4.32. The van der Waals surface area contributed by atoms with Crippen molar-refractivity contribution in [2.75, 3.05) is 0 Å². The minimum atomic E-state index is 0.528. The van der Waals surface area contributed by atoms with E-state index in [2.05, 4.69) is 26.5 Å². The molecule has 0 nitrogen and oxygen atoms in total. The molecule has 0 rings (SSSR count). The van der Waals surface area contributed by atoms with E-state index in [1.54, 1.807) is 0 Å². The molecule has 0 amide bonds. The van der Waals surface area contributed by atoms with Gasteiger partial charge in [0.05, 0.1) is 0 Å². The highest BCUT2D eigenvalue weighted by Gasteiger charge is 2.12. The van der Waals surface area contributed by atoms with Crippen molar-refractivity contribution in [2.45, 2.75) is 31.7 Å². The Morgan fingerprint density at radius 2 is 1.88 bits per heavy atom. The lowest BCUT2D eigenvalue weighted by Gasteiger charge is -2.20. The topological polar surface area (TPSA) is 0 Å². The van der Waals surface area contributed by atoms with Gasteiger partial charge in [-0.05, 0) is 5.04 Å². The summed E-state index contributed by atoms with van der Waals surface area (Å²) < 4.78 is 0. The molecule has 0 unspecified atom stereocenters. The summed E-state index contributed by atoms with van der Waals surface area (Å²) in [6, 6.07) is 0. The smallest absolute Gasteiger partial charge is 0.0154 e. The van der Waals surface area contributed by atoms with Crippen molar-refractivity contribution in [1.29, 1.82) is 0 Å². The summed E-state index contributed by atoms with van der Waals surface area (Å²) in [6.07, 6.45) is 4.64. The zero-order valence-corrected chi connectivity index (χ0v) is 8.20. The average molecular weight is 128 g/mol. The van der Waals surface area contributed by atoms with E-state index in [4.69, 9.17) is 0 Å². The Hall–Kier alpha value is -0.0431. The van der Waals surface area contributed by atoms with Crippen molar-refractivity contribution < 1.29 is 0 Å². The van der Waals surface area contributed by atoms with E-state index in [0.29, 0.717) is 5.04 Å². The van der Waals surface area contributed by atoms with Gasteiger partial charge in [0.2, 0.25) is 0 Å². The van der Waals surface area contributed by atoms with Gasteiger partial charge in [0.25, 0.3) is 0 Å². The summed E-state index contributed by atoms with van der Waals surface area (Å²) in [7, 11) is 1.25. The number of hydrogen-bond acceptors (Lipinski definition) is 0. The molecule has 1 heteroatoms. The van der Waals surface area contributed by atoms with Crippen LogP contribution in [0, 0.1) is 0 Å². The van der Waals surface area contributed by atoms with E-state index in [1.165, 1.54) is 23.1 Å². The zero-order chi connectivity index (χ0) is 6.62. The minimum absolute atomic E-state index is 0.528. The van der Waals surface area contributed by atoms with Crippen LogP contribution in [0.5, 0.6) is 0 Å². The van der Waals surface area contributed by atoms with Crippen molar-refractivity contribution in [1.82, 2.24) is 0 Å². The average Bonchev–Trinajstić information content (AvgIpc) is 1.87. The summed E-state index contributed by atoms with van der Waals surface area (Å²) in [4.78, 5) is 0. The highest BCUT2D eigenvalue weighted by molar-refractivity contribution is 6.16. The van der Waals surface area contributed by atoms with E-state index in [1.807, 2.05) is 0 Å². The van der Waals surface area contributed by atoms with Crippen LogP contribution in [-0.4, -0.2) is 10.2 Å². The Balaban J connectivity index is 3.76. The SMILES string of the molecule is C=CC([SiH3])(CC)CC. The largest absolute Gasteiger partial charge is 0.103 e. The van der Waals surface area contributed by atoms with Gasteiger partial charge in [-0.1, -0.05) is 32.8 Å². The molecule has 48 valence electrons. The lowest BCUT2D eigenvalue weighted by Crippen LogP contribution is -2.04. The highest BCUT2D eigenvalue weighted by Crippen LogP contribution is 2.30. The van der Waals surface area contributed by atoms with Crippen LogP contribution in [0.15, 0.2) is 12.7 Å². The second kappa shape index (κ2) is 3.08. The summed E-state index contributed by atoms with van der Waals surface area (Å²) in [6.45, 7) is 8.28. The van der Waals surface area contributed by atoms with Crippen LogP contribution in [0.4, 0.5) is 0 Å². The molecular formula is C7H16Si. The van der Waals surface area contributed by atoms with Gasteiger partial charge in [0, 0.05) is 10.2 Å². The molecule has 0 atom stereocenters. The van der Waals surface area contributed by atoms with Crippen LogP contribution in [0.25, 0.3) is 0 Å². The molecule has 0 aliphatic carbocycles. The third-order valence-corrected chi connectivity index (χ3v) is 3.93. The van der Waals surface area contributed by atoms with E-state index in [9.17, 15) is 0 Å². The van der Waals surface area contributed by atoms with Crippen LogP contribution in [0.3, 0.4) is 0 Å². The van der Waals surface area contributed by atoms with E-state index in [-0.39, 0.29) is 0 Å². The van der Waals surface area contributed by atoms with Gasteiger partial charge < -0.3 is 0 Å². The number of hydrogen-bond donors (Lipinski definition) is 0. The zero-order valence-electron chi connectivity index (χ0n) is 6.20. The molecule has 0 bridgehead atoms.